The number of nitrogens with zero attached hydrogens (tertiary/aromatic N) is 3. The highest BCUT2D eigenvalue weighted by molar-refractivity contribution is 5.96. The van der Waals surface area contributed by atoms with Gasteiger partial charge in [0.05, 0.1) is 13.0 Å². The Morgan fingerprint density at radius 3 is 2.71 bits per heavy atom. The fourth-order valence-electron chi connectivity index (χ4n) is 3.55. The molecule has 1 N–H and O–H groups in total. The standard InChI is InChI=1S/C23H24N4O4/c1-14(2)24-22(29)16-6-4-5-15(11-16)21-25-23(31-26-21)17-12-20(28)27(13-17)18-7-9-19(30-3)10-8-18/h4-11,14,17H,12-13H2,1-3H3,(H,24,29)/t17-/m1/s1. The Kier molecular flexibility index (Phi) is 5.70. The van der Waals surface area contributed by atoms with Crippen molar-refractivity contribution in [3.63, 3.8) is 0 Å². The third kappa shape index (κ3) is 4.42. The lowest BCUT2D eigenvalue weighted by Gasteiger charge is -2.16. The highest BCUT2D eigenvalue weighted by Gasteiger charge is 2.35. The van der Waals surface area contributed by atoms with Crippen LogP contribution in [0.5, 0.6) is 5.75 Å². The molecule has 8 nitrogen and oxygen atoms in total. The number of carbonyl (C=O) groups is 2. The minimum Gasteiger partial charge on any atom is -0.497 e. The fourth-order valence-corrected chi connectivity index (χ4v) is 3.55. The van der Waals surface area contributed by atoms with Crippen molar-refractivity contribution < 1.29 is 18.8 Å². The van der Waals surface area contributed by atoms with Crippen LogP contribution in [0.15, 0.2) is 53.1 Å². The first-order chi connectivity index (χ1) is 14.9. The van der Waals surface area contributed by atoms with Crippen LogP contribution in [0.4, 0.5) is 5.69 Å². The van der Waals surface area contributed by atoms with E-state index in [1.54, 1.807) is 30.2 Å². The minimum atomic E-state index is -0.191. The molecule has 1 aliphatic rings. The van der Waals surface area contributed by atoms with Crippen molar-refractivity contribution in [2.24, 2.45) is 0 Å². The van der Waals surface area contributed by atoms with E-state index in [1.165, 1.54) is 0 Å². The van der Waals surface area contributed by atoms with Crippen molar-refractivity contribution in [1.29, 1.82) is 0 Å². The lowest BCUT2D eigenvalue weighted by molar-refractivity contribution is -0.117. The fraction of sp³-hybridized carbons (Fsp3) is 0.304. The molecule has 0 bridgehead atoms. The molecule has 0 unspecified atom stereocenters. The third-order valence-corrected chi connectivity index (χ3v) is 5.10. The first-order valence-electron chi connectivity index (χ1n) is 10.1. The first-order valence-corrected chi connectivity index (χ1v) is 10.1. The summed E-state index contributed by atoms with van der Waals surface area (Å²) >= 11 is 0. The number of hydrogen-bond donors (Lipinski definition) is 1. The summed E-state index contributed by atoms with van der Waals surface area (Å²) in [6.07, 6.45) is 0.296. The molecule has 1 atom stereocenters. The number of nitrogens with one attached hydrogen (secondary N) is 1. The van der Waals surface area contributed by atoms with Crippen molar-refractivity contribution in [1.82, 2.24) is 15.5 Å². The maximum Gasteiger partial charge on any atom is 0.251 e. The summed E-state index contributed by atoms with van der Waals surface area (Å²) in [4.78, 5) is 31.1. The molecule has 0 radical (unpaired) electrons. The van der Waals surface area contributed by atoms with Crippen LogP contribution in [0.3, 0.4) is 0 Å². The number of rotatable bonds is 6. The summed E-state index contributed by atoms with van der Waals surface area (Å²) in [6.45, 7) is 4.28. The molecule has 1 aliphatic heterocycles. The number of methoxy groups -OCH3 is 1. The van der Waals surface area contributed by atoms with Crippen molar-refractivity contribution in [2.45, 2.75) is 32.2 Å². The summed E-state index contributed by atoms with van der Waals surface area (Å²) in [5, 5.41) is 6.94. The van der Waals surface area contributed by atoms with E-state index in [1.807, 2.05) is 44.2 Å². The molecule has 1 aromatic heterocycles. The molecule has 2 heterocycles. The normalized spacial score (nSPS) is 16.1. The van der Waals surface area contributed by atoms with Gasteiger partial charge in [-0.3, -0.25) is 9.59 Å². The van der Waals surface area contributed by atoms with E-state index >= 15 is 0 Å². The molecule has 0 saturated carbocycles. The van der Waals surface area contributed by atoms with Crippen LogP contribution in [0, 0.1) is 0 Å². The van der Waals surface area contributed by atoms with Gasteiger partial charge in [0.1, 0.15) is 5.75 Å². The predicted molar refractivity (Wildman–Crippen MR) is 115 cm³/mol. The van der Waals surface area contributed by atoms with E-state index in [2.05, 4.69) is 15.5 Å². The number of aromatic nitrogens is 2. The molecule has 1 fully saturated rings. The van der Waals surface area contributed by atoms with E-state index in [0.717, 1.165) is 11.4 Å². The lowest BCUT2D eigenvalue weighted by atomic mass is 10.1. The molecule has 8 heteroatoms. The van der Waals surface area contributed by atoms with Crippen molar-refractivity contribution in [2.75, 3.05) is 18.6 Å². The van der Waals surface area contributed by atoms with Crippen molar-refractivity contribution in [3.8, 4) is 17.1 Å². The zero-order valence-corrected chi connectivity index (χ0v) is 17.7. The molecule has 160 valence electrons. The van der Waals surface area contributed by atoms with E-state index in [-0.39, 0.29) is 23.8 Å². The Morgan fingerprint density at radius 2 is 2.00 bits per heavy atom. The Hall–Kier alpha value is -3.68. The van der Waals surface area contributed by atoms with Crippen LogP contribution < -0.4 is 15.0 Å². The average molecular weight is 420 g/mol. The molecular weight excluding hydrogens is 396 g/mol. The average Bonchev–Trinajstić information content (AvgIpc) is 3.40. The molecule has 3 aromatic rings. The van der Waals surface area contributed by atoms with Gasteiger partial charge in [-0.1, -0.05) is 17.3 Å². The SMILES string of the molecule is COc1ccc(N2C[C@H](c3nc(-c4cccc(C(=O)NC(C)C)c4)no3)CC2=O)cc1. The molecule has 4 rings (SSSR count). The van der Waals surface area contributed by atoms with E-state index in [0.29, 0.717) is 35.8 Å². The van der Waals surface area contributed by atoms with E-state index in [4.69, 9.17) is 9.26 Å². The quantitative estimate of drug-likeness (QED) is 0.656. The number of carbonyl (C=O) groups excluding carboxylic acids is 2. The van der Waals surface area contributed by atoms with Crippen LogP contribution in [-0.4, -0.2) is 41.7 Å². The molecule has 2 aromatic carbocycles. The minimum absolute atomic E-state index is 0.00210. The number of ether oxygens (including phenoxy) is 1. The zero-order chi connectivity index (χ0) is 22.0. The maximum absolute atomic E-state index is 12.6. The molecule has 1 saturated heterocycles. The van der Waals surface area contributed by atoms with Gasteiger partial charge in [-0.2, -0.15) is 4.98 Å². The van der Waals surface area contributed by atoms with Gasteiger partial charge < -0.3 is 19.5 Å². The maximum atomic E-state index is 12.6. The molecule has 0 aliphatic carbocycles. The van der Waals surface area contributed by atoms with Crippen molar-refractivity contribution in [3.05, 3.63) is 60.0 Å². The van der Waals surface area contributed by atoms with Gasteiger partial charge in [0.15, 0.2) is 0 Å². The second-order valence-electron chi connectivity index (χ2n) is 7.77. The van der Waals surface area contributed by atoms with Crippen LogP contribution in [-0.2, 0) is 4.79 Å². The number of hydrogen-bond acceptors (Lipinski definition) is 6. The summed E-state index contributed by atoms with van der Waals surface area (Å²) in [7, 11) is 1.60. The highest BCUT2D eigenvalue weighted by Crippen LogP contribution is 2.32. The largest absolute Gasteiger partial charge is 0.497 e. The Morgan fingerprint density at radius 1 is 1.23 bits per heavy atom. The van der Waals surface area contributed by atoms with Gasteiger partial charge in [-0.25, -0.2) is 0 Å². The predicted octanol–water partition coefficient (Wildman–Crippen LogP) is 3.40. The van der Waals surface area contributed by atoms with Crippen molar-refractivity contribution >= 4 is 17.5 Å². The van der Waals surface area contributed by atoms with Gasteiger partial charge in [0.2, 0.25) is 17.6 Å². The molecular formula is C23H24N4O4. The van der Waals surface area contributed by atoms with Crippen LogP contribution in [0.1, 0.15) is 42.4 Å². The molecule has 2 amide bonds. The van der Waals surface area contributed by atoms with Crippen LogP contribution in [0.2, 0.25) is 0 Å². The van der Waals surface area contributed by atoms with E-state index < -0.39 is 0 Å². The molecule has 31 heavy (non-hydrogen) atoms. The smallest absolute Gasteiger partial charge is 0.251 e. The third-order valence-electron chi connectivity index (χ3n) is 5.10. The van der Waals surface area contributed by atoms with Gasteiger partial charge in [-0.15, -0.1) is 0 Å². The number of benzene rings is 2. The lowest BCUT2D eigenvalue weighted by Crippen LogP contribution is -2.30. The second kappa shape index (κ2) is 8.59. The molecule has 0 spiro atoms. The Balaban J connectivity index is 1.50. The van der Waals surface area contributed by atoms with Gasteiger partial charge in [-0.05, 0) is 50.2 Å². The first kappa shape index (κ1) is 20.6. The van der Waals surface area contributed by atoms with Gasteiger partial charge >= 0.3 is 0 Å². The monoisotopic (exact) mass is 420 g/mol. The Labute approximate surface area is 180 Å². The topological polar surface area (TPSA) is 97.6 Å². The van der Waals surface area contributed by atoms with E-state index in [9.17, 15) is 9.59 Å². The highest BCUT2D eigenvalue weighted by atomic mass is 16.5. The summed E-state index contributed by atoms with van der Waals surface area (Å²) in [6, 6.07) is 14.5. The van der Waals surface area contributed by atoms with Crippen LogP contribution in [0.25, 0.3) is 11.4 Å². The number of amides is 2. The second-order valence-corrected chi connectivity index (χ2v) is 7.77. The van der Waals surface area contributed by atoms with Gasteiger partial charge in [0, 0.05) is 35.8 Å². The summed E-state index contributed by atoms with van der Waals surface area (Å²) in [5.74, 6) is 1.20. The van der Waals surface area contributed by atoms with Gasteiger partial charge in [0.25, 0.3) is 5.91 Å². The number of anilines is 1. The van der Waals surface area contributed by atoms with Crippen LogP contribution >= 0.6 is 0 Å². The summed E-state index contributed by atoms with van der Waals surface area (Å²) in [5.41, 5.74) is 2.01. The summed E-state index contributed by atoms with van der Waals surface area (Å²) < 4.78 is 10.7. The zero-order valence-electron chi connectivity index (χ0n) is 17.7. The Bertz CT molecular complexity index is 1090.